The van der Waals surface area contributed by atoms with Crippen LogP contribution in [0.25, 0.3) is 0 Å². The van der Waals surface area contributed by atoms with Gasteiger partial charge in [0.15, 0.2) is 0 Å². The Morgan fingerprint density at radius 3 is 2.52 bits per heavy atom. The van der Waals surface area contributed by atoms with Crippen LogP contribution in [0.1, 0.15) is 26.3 Å². The number of benzene rings is 2. The lowest BCUT2D eigenvalue weighted by Gasteiger charge is -2.09. The molecule has 0 aliphatic heterocycles. The van der Waals surface area contributed by atoms with Gasteiger partial charge in [-0.2, -0.15) is 0 Å². The summed E-state index contributed by atoms with van der Waals surface area (Å²) >= 11 is 3.29. The predicted octanol–water partition coefficient (Wildman–Crippen LogP) is 3.85. The van der Waals surface area contributed by atoms with Crippen LogP contribution in [0.5, 0.6) is 0 Å². The van der Waals surface area contributed by atoms with Crippen molar-refractivity contribution in [1.29, 1.82) is 0 Å². The quantitative estimate of drug-likeness (QED) is 0.882. The van der Waals surface area contributed by atoms with Crippen molar-refractivity contribution in [2.75, 3.05) is 5.32 Å². The Kier molecular flexibility index (Phi) is 4.37. The number of aromatic carboxylic acids is 1. The third kappa shape index (κ3) is 3.46. The van der Waals surface area contributed by atoms with Gasteiger partial charge in [-0.25, -0.2) is 9.18 Å². The molecule has 0 heterocycles. The number of rotatable bonds is 3. The minimum absolute atomic E-state index is 0.0979. The molecule has 108 valence electrons. The highest BCUT2D eigenvalue weighted by Crippen LogP contribution is 2.20. The molecule has 0 aliphatic carbocycles. The SMILES string of the molecule is Cc1cc(Br)ccc1C(=O)Nc1cc(C(=O)O)ccc1F. The van der Waals surface area contributed by atoms with Gasteiger partial charge >= 0.3 is 5.97 Å². The van der Waals surface area contributed by atoms with E-state index in [1.165, 1.54) is 0 Å². The Morgan fingerprint density at radius 1 is 1.19 bits per heavy atom. The average molecular weight is 352 g/mol. The van der Waals surface area contributed by atoms with E-state index >= 15 is 0 Å². The lowest BCUT2D eigenvalue weighted by molar-refractivity contribution is 0.0696. The first-order valence-electron chi connectivity index (χ1n) is 5.99. The summed E-state index contributed by atoms with van der Waals surface area (Å²) in [5.74, 6) is -2.38. The van der Waals surface area contributed by atoms with E-state index in [2.05, 4.69) is 21.2 Å². The summed E-state index contributed by atoms with van der Waals surface area (Å²) < 4.78 is 14.5. The number of nitrogens with one attached hydrogen (secondary N) is 1. The van der Waals surface area contributed by atoms with Crippen LogP contribution < -0.4 is 5.32 Å². The average Bonchev–Trinajstić information content (AvgIpc) is 2.40. The van der Waals surface area contributed by atoms with Crippen molar-refractivity contribution < 1.29 is 19.1 Å². The van der Waals surface area contributed by atoms with Gasteiger partial charge < -0.3 is 10.4 Å². The van der Waals surface area contributed by atoms with Crippen LogP contribution in [0.15, 0.2) is 40.9 Å². The highest BCUT2D eigenvalue weighted by molar-refractivity contribution is 9.10. The highest BCUT2D eigenvalue weighted by Gasteiger charge is 2.14. The second kappa shape index (κ2) is 6.05. The smallest absolute Gasteiger partial charge is 0.335 e. The maximum absolute atomic E-state index is 13.7. The van der Waals surface area contributed by atoms with Crippen molar-refractivity contribution in [1.82, 2.24) is 0 Å². The Labute approximate surface area is 128 Å². The molecule has 2 aromatic carbocycles. The van der Waals surface area contributed by atoms with Gasteiger partial charge in [-0.3, -0.25) is 4.79 Å². The van der Waals surface area contributed by atoms with Gasteiger partial charge in [0, 0.05) is 10.0 Å². The zero-order chi connectivity index (χ0) is 15.6. The minimum atomic E-state index is -1.19. The van der Waals surface area contributed by atoms with Gasteiger partial charge in [0.1, 0.15) is 5.82 Å². The molecule has 0 aliphatic rings. The molecular weight excluding hydrogens is 341 g/mol. The Balaban J connectivity index is 2.31. The normalized spacial score (nSPS) is 10.2. The molecule has 0 saturated heterocycles. The highest BCUT2D eigenvalue weighted by atomic mass is 79.9. The first-order valence-corrected chi connectivity index (χ1v) is 6.78. The van der Waals surface area contributed by atoms with Crippen LogP contribution >= 0.6 is 15.9 Å². The summed E-state index contributed by atoms with van der Waals surface area (Å²) in [5, 5.41) is 11.3. The Morgan fingerprint density at radius 2 is 1.90 bits per heavy atom. The summed E-state index contributed by atoms with van der Waals surface area (Å²) in [6.07, 6.45) is 0. The number of halogens is 2. The number of aryl methyl sites for hydroxylation is 1. The summed E-state index contributed by atoms with van der Waals surface area (Å²) in [6.45, 7) is 1.75. The molecule has 0 saturated carbocycles. The van der Waals surface area contributed by atoms with E-state index in [0.29, 0.717) is 5.56 Å². The molecule has 0 aromatic heterocycles. The molecule has 0 atom stereocenters. The molecule has 0 spiro atoms. The fourth-order valence-electron chi connectivity index (χ4n) is 1.83. The Hall–Kier alpha value is -2.21. The monoisotopic (exact) mass is 351 g/mol. The fraction of sp³-hybridized carbons (Fsp3) is 0.0667. The van der Waals surface area contributed by atoms with Crippen LogP contribution in [-0.2, 0) is 0 Å². The van der Waals surface area contributed by atoms with E-state index in [1.54, 1.807) is 25.1 Å². The third-order valence-corrected chi connectivity index (χ3v) is 3.39. The van der Waals surface area contributed by atoms with Crippen LogP contribution in [-0.4, -0.2) is 17.0 Å². The van der Waals surface area contributed by atoms with Crippen LogP contribution in [0.3, 0.4) is 0 Å². The summed E-state index contributed by atoms with van der Waals surface area (Å²) in [6, 6.07) is 8.30. The zero-order valence-electron chi connectivity index (χ0n) is 11.0. The first-order chi connectivity index (χ1) is 9.88. The number of carboxylic acids is 1. The van der Waals surface area contributed by atoms with Crippen LogP contribution in [0.4, 0.5) is 10.1 Å². The van der Waals surface area contributed by atoms with E-state index in [0.717, 1.165) is 28.2 Å². The number of hydrogen-bond donors (Lipinski definition) is 2. The Bertz CT molecular complexity index is 731. The van der Waals surface area contributed by atoms with Gasteiger partial charge in [-0.05, 0) is 48.9 Å². The molecule has 0 fully saturated rings. The largest absolute Gasteiger partial charge is 0.478 e. The molecule has 4 nitrogen and oxygen atoms in total. The van der Waals surface area contributed by atoms with Crippen molar-refractivity contribution in [3.8, 4) is 0 Å². The second-order valence-electron chi connectivity index (χ2n) is 4.41. The summed E-state index contributed by atoms with van der Waals surface area (Å²) in [5.41, 5.74) is 0.844. The molecule has 0 unspecified atom stereocenters. The molecule has 0 bridgehead atoms. The van der Waals surface area contributed by atoms with Gasteiger partial charge in [-0.1, -0.05) is 15.9 Å². The van der Waals surface area contributed by atoms with Gasteiger partial charge in [0.05, 0.1) is 11.3 Å². The molecule has 2 aromatic rings. The van der Waals surface area contributed by atoms with Crippen molar-refractivity contribution in [2.45, 2.75) is 6.92 Å². The number of carbonyl (C=O) groups excluding carboxylic acids is 1. The van der Waals surface area contributed by atoms with E-state index in [9.17, 15) is 14.0 Å². The van der Waals surface area contributed by atoms with Crippen molar-refractivity contribution in [2.24, 2.45) is 0 Å². The fourth-order valence-corrected chi connectivity index (χ4v) is 2.30. The molecule has 2 N–H and O–H groups in total. The van der Waals surface area contributed by atoms with Crippen LogP contribution in [0.2, 0.25) is 0 Å². The molecular formula is C15H11BrFNO3. The predicted molar refractivity (Wildman–Crippen MR) is 80.2 cm³/mol. The van der Waals surface area contributed by atoms with E-state index < -0.39 is 17.7 Å². The number of hydrogen-bond acceptors (Lipinski definition) is 2. The van der Waals surface area contributed by atoms with E-state index in [1.807, 2.05) is 0 Å². The van der Waals surface area contributed by atoms with Crippen molar-refractivity contribution in [3.63, 3.8) is 0 Å². The maximum Gasteiger partial charge on any atom is 0.335 e. The lowest BCUT2D eigenvalue weighted by atomic mass is 10.1. The zero-order valence-corrected chi connectivity index (χ0v) is 12.6. The number of amides is 1. The first kappa shape index (κ1) is 15.2. The molecule has 6 heteroatoms. The van der Waals surface area contributed by atoms with Crippen molar-refractivity contribution in [3.05, 3.63) is 63.4 Å². The van der Waals surface area contributed by atoms with E-state index in [4.69, 9.17) is 5.11 Å². The van der Waals surface area contributed by atoms with Crippen molar-refractivity contribution >= 4 is 33.5 Å². The topological polar surface area (TPSA) is 66.4 Å². The van der Waals surface area contributed by atoms with Gasteiger partial charge in [0.25, 0.3) is 5.91 Å². The molecule has 0 radical (unpaired) electrons. The number of anilines is 1. The summed E-state index contributed by atoms with van der Waals surface area (Å²) in [4.78, 5) is 23.0. The molecule has 1 amide bonds. The van der Waals surface area contributed by atoms with Crippen LogP contribution in [0, 0.1) is 12.7 Å². The lowest BCUT2D eigenvalue weighted by Crippen LogP contribution is -2.15. The summed E-state index contributed by atoms with van der Waals surface area (Å²) in [7, 11) is 0. The second-order valence-corrected chi connectivity index (χ2v) is 5.33. The maximum atomic E-state index is 13.7. The molecule has 21 heavy (non-hydrogen) atoms. The number of carbonyl (C=O) groups is 2. The van der Waals surface area contributed by atoms with E-state index in [-0.39, 0.29) is 11.3 Å². The van der Waals surface area contributed by atoms with Gasteiger partial charge in [-0.15, -0.1) is 0 Å². The third-order valence-electron chi connectivity index (χ3n) is 2.89. The number of carboxylic acid groups (broad SMARTS) is 1. The molecule has 2 rings (SSSR count). The van der Waals surface area contributed by atoms with Gasteiger partial charge in [0.2, 0.25) is 0 Å². The minimum Gasteiger partial charge on any atom is -0.478 e. The standard InChI is InChI=1S/C15H11BrFNO3/c1-8-6-10(16)3-4-11(8)14(19)18-13-7-9(15(20)21)2-5-12(13)17/h2-7H,1H3,(H,18,19)(H,20,21).